The van der Waals surface area contributed by atoms with Gasteiger partial charge in [-0.3, -0.25) is 4.79 Å². The lowest BCUT2D eigenvalue weighted by molar-refractivity contribution is 0.0934. The van der Waals surface area contributed by atoms with Crippen molar-refractivity contribution in [1.29, 1.82) is 0 Å². The summed E-state index contributed by atoms with van der Waals surface area (Å²) in [5.74, 6) is 0.879. The third-order valence-electron chi connectivity index (χ3n) is 5.17. The molecule has 1 aliphatic heterocycles. The summed E-state index contributed by atoms with van der Waals surface area (Å²) in [6.45, 7) is 1.69. The van der Waals surface area contributed by atoms with E-state index < -0.39 is 10.0 Å². The number of amides is 1. The number of fused-ring (bicyclic) bond motifs is 1. The number of sulfonamides is 1. The molecule has 1 heterocycles. The maximum atomic E-state index is 12.7. The van der Waals surface area contributed by atoms with Crippen LogP contribution in [0.15, 0.2) is 77.7 Å². The van der Waals surface area contributed by atoms with Crippen LogP contribution in [-0.2, 0) is 27.9 Å². The van der Waals surface area contributed by atoms with Crippen LogP contribution < -0.4 is 19.5 Å². The molecule has 3 aromatic carbocycles. The van der Waals surface area contributed by atoms with Crippen molar-refractivity contribution in [2.24, 2.45) is 0 Å². The summed E-state index contributed by atoms with van der Waals surface area (Å²) in [6.07, 6.45) is 0.646. The van der Waals surface area contributed by atoms with Crippen molar-refractivity contribution < 1.29 is 27.4 Å². The van der Waals surface area contributed by atoms with Gasteiger partial charge in [0, 0.05) is 25.3 Å². The first-order valence-electron chi connectivity index (χ1n) is 10.9. The van der Waals surface area contributed by atoms with Crippen molar-refractivity contribution in [3.05, 3.63) is 89.5 Å². The summed E-state index contributed by atoms with van der Waals surface area (Å²) in [5.41, 5.74) is 2.10. The Labute approximate surface area is 198 Å². The molecule has 0 aliphatic carbocycles. The van der Waals surface area contributed by atoms with Crippen molar-refractivity contribution in [2.45, 2.75) is 24.5 Å². The molecule has 0 atom stereocenters. The van der Waals surface area contributed by atoms with Crippen molar-refractivity contribution >= 4 is 15.9 Å². The molecule has 34 heavy (non-hydrogen) atoms. The molecule has 0 bridgehead atoms. The Morgan fingerprint density at radius 1 is 0.912 bits per heavy atom. The molecule has 0 saturated carbocycles. The molecule has 0 saturated heterocycles. The Bertz CT molecular complexity index is 1230. The maximum Gasteiger partial charge on any atom is 0.251 e. The molecule has 0 unspecified atom stereocenters. The van der Waals surface area contributed by atoms with Crippen LogP contribution in [0.2, 0.25) is 0 Å². The van der Waals surface area contributed by atoms with Crippen molar-refractivity contribution in [2.75, 3.05) is 19.9 Å². The molecule has 0 aromatic heterocycles. The summed E-state index contributed by atoms with van der Waals surface area (Å²) in [7, 11) is -3.81. The molecule has 2 N–H and O–H groups in total. The van der Waals surface area contributed by atoms with Crippen molar-refractivity contribution in [1.82, 2.24) is 10.0 Å². The van der Waals surface area contributed by atoms with Crippen LogP contribution in [0.25, 0.3) is 0 Å². The number of carbonyl (C=O) groups excluding carboxylic acids is 1. The highest BCUT2D eigenvalue weighted by Gasteiger charge is 2.18. The Morgan fingerprint density at radius 3 is 2.59 bits per heavy atom. The van der Waals surface area contributed by atoms with E-state index in [-0.39, 0.29) is 29.7 Å². The molecular formula is C25H26N2O6S. The second-order valence-corrected chi connectivity index (χ2v) is 9.45. The van der Waals surface area contributed by atoms with Gasteiger partial charge < -0.3 is 19.5 Å². The average molecular weight is 483 g/mol. The number of benzene rings is 3. The standard InChI is InChI=1S/C25H26N2O6S/c28-25(26-12-5-13-31-17-19-6-2-1-3-7-19)21-8-4-9-22(15-21)34(29,30)27-16-20-10-11-23-24(14-20)33-18-32-23/h1-4,6-11,14-15,27H,5,12-13,16-18H2,(H,26,28). The van der Waals surface area contributed by atoms with Gasteiger partial charge in [-0.05, 0) is 47.9 Å². The normalized spacial score (nSPS) is 12.5. The first kappa shape index (κ1) is 23.7. The van der Waals surface area contributed by atoms with Crippen LogP contribution in [-0.4, -0.2) is 34.3 Å². The Balaban J connectivity index is 1.25. The van der Waals surface area contributed by atoms with Crippen LogP contribution in [0.5, 0.6) is 11.5 Å². The van der Waals surface area contributed by atoms with E-state index in [0.717, 1.165) is 11.1 Å². The van der Waals surface area contributed by atoms with E-state index in [0.29, 0.717) is 37.7 Å². The summed E-state index contributed by atoms with van der Waals surface area (Å²) in [4.78, 5) is 12.5. The minimum absolute atomic E-state index is 0.0205. The van der Waals surface area contributed by atoms with Crippen LogP contribution in [0.4, 0.5) is 0 Å². The minimum Gasteiger partial charge on any atom is -0.454 e. The Morgan fingerprint density at radius 2 is 1.74 bits per heavy atom. The highest BCUT2D eigenvalue weighted by molar-refractivity contribution is 7.89. The van der Waals surface area contributed by atoms with Gasteiger partial charge in [-0.2, -0.15) is 0 Å². The molecule has 1 aliphatic rings. The number of ether oxygens (including phenoxy) is 3. The van der Waals surface area contributed by atoms with Crippen molar-refractivity contribution in [3.8, 4) is 11.5 Å². The van der Waals surface area contributed by atoms with Gasteiger partial charge in [0.15, 0.2) is 11.5 Å². The second kappa shape index (κ2) is 11.1. The molecule has 0 fully saturated rings. The molecule has 1 amide bonds. The van der Waals surface area contributed by atoms with E-state index in [1.165, 1.54) is 12.1 Å². The average Bonchev–Trinajstić information content (AvgIpc) is 3.33. The number of hydrogen-bond donors (Lipinski definition) is 2. The zero-order valence-corrected chi connectivity index (χ0v) is 19.3. The van der Waals surface area contributed by atoms with Gasteiger partial charge in [-0.15, -0.1) is 0 Å². The smallest absolute Gasteiger partial charge is 0.251 e. The molecule has 0 radical (unpaired) electrons. The summed E-state index contributed by atoms with van der Waals surface area (Å²) >= 11 is 0. The summed E-state index contributed by atoms with van der Waals surface area (Å²) < 4.78 is 44.2. The maximum absolute atomic E-state index is 12.7. The lowest BCUT2D eigenvalue weighted by Gasteiger charge is -2.10. The van der Waals surface area contributed by atoms with Gasteiger partial charge in [-0.1, -0.05) is 42.5 Å². The molecular weight excluding hydrogens is 456 g/mol. The van der Waals surface area contributed by atoms with Gasteiger partial charge in [0.2, 0.25) is 16.8 Å². The molecule has 0 spiro atoms. The van der Waals surface area contributed by atoms with Crippen LogP contribution in [0.3, 0.4) is 0 Å². The van der Waals surface area contributed by atoms with E-state index in [9.17, 15) is 13.2 Å². The van der Waals surface area contributed by atoms with Crippen LogP contribution >= 0.6 is 0 Å². The molecule has 178 valence electrons. The minimum atomic E-state index is -3.81. The lowest BCUT2D eigenvalue weighted by Crippen LogP contribution is -2.26. The first-order valence-corrected chi connectivity index (χ1v) is 12.4. The largest absolute Gasteiger partial charge is 0.454 e. The second-order valence-electron chi connectivity index (χ2n) is 7.69. The SMILES string of the molecule is O=C(NCCCOCc1ccccc1)c1cccc(S(=O)(=O)NCc2ccc3c(c2)OCO3)c1. The molecule has 4 rings (SSSR count). The van der Waals surface area contributed by atoms with Crippen LogP contribution in [0.1, 0.15) is 27.9 Å². The fraction of sp³-hybridized carbons (Fsp3) is 0.240. The van der Waals surface area contributed by atoms with Gasteiger partial charge in [0.25, 0.3) is 5.91 Å². The fourth-order valence-electron chi connectivity index (χ4n) is 3.36. The number of nitrogens with one attached hydrogen (secondary N) is 2. The van der Waals surface area contributed by atoms with Gasteiger partial charge in [0.05, 0.1) is 11.5 Å². The monoisotopic (exact) mass is 482 g/mol. The highest BCUT2D eigenvalue weighted by atomic mass is 32.2. The van der Waals surface area contributed by atoms with E-state index in [1.54, 1.807) is 30.3 Å². The molecule has 9 heteroatoms. The third kappa shape index (κ3) is 6.34. The number of carbonyl (C=O) groups is 1. The van der Waals surface area contributed by atoms with Crippen LogP contribution in [0, 0.1) is 0 Å². The topological polar surface area (TPSA) is 103 Å². The quantitative estimate of drug-likeness (QED) is 0.407. The summed E-state index contributed by atoms with van der Waals surface area (Å²) in [6, 6.07) is 21.0. The molecule has 8 nitrogen and oxygen atoms in total. The lowest BCUT2D eigenvalue weighted by atomic mass is 10.2. The zero-order chi connectivity index (χ0) is 23.8. The predicted molar refractivity (Wildman–Crippen MR) is 126 cm³/mol. The fourth-order valence-corrected chi connectivity index (χ4v) is 4.42. The number of rotatable bonds is 11. The van der Waals surface area contributed by atoms with E-state index in [1.807, 2.05) is 30.3 Å². The first-order chi connectivity index (χ1) is 16.5. The van der Waals surface area contributed by atoms with Gasteiger partial charge in [0.1, 0.15) is 0 Å². The van der Waals surface area contributed by atoms with Gasteiger partial charge in [-0.25, -0.2) is 13.1 Å². The summed E-state index contributed by atoms with van der Waals surface area (Å²) in [5, 5.41) is 2.80. The Kier molecular flexibility index (Phi) is 7.79. The number of hydrogen-bond acceptors (Lipinski definition) is 6. The molecule has 3 aromatic rings. The van der Waals surface area contributed by atoms with Crippen molar-refractivity contribution in [3.63, 3.8) is 0 Å². The Hall–Kier alpha value is -3.40. The highest BCUT2D eigenvalue weighted by Crippen LogP contribution is 2.32. The van der Waals surface area contributed by atoms with E-state index in [4.69, 9.17) is 14.2 Å². The van der Waals surface area contributed by atoms with E-state index in [2.05, 4.69) is 10.0 Å². The van der Waals surface area contributed by atoms with Gasteiger partial charge >= 0.3 is 0 Å². The predicted octanol–water partition coefficient (Wildman–Crippen LogP) is 3.23. The third-order valence-corrected chi connectivity index (χ3v) is 6.57. The van der Waals surface area contributed by atoms with E-state index >= 15 is 0 Å². The zero-order valence-electron chi connectivity index (χ0n) is 18.5.